The molecule has 1 aromatic rings. The highest BCUT2D eigenvalue weighted by atomic mass is 16.7. The molecule has 2 fully saturated rings. The molecule has 21 nitrogen and oxygen atoms in total. The second-order valence-corrected chi connectivity index (χ2v) is 21.2. The summed E-state index contributed by atoms with van der Waals surface area (Å²) in [5.41, 5.74) is 12.7. The molecule has 2 bridgehead atoms. The highest BCUT2D eigenvalue weighted by Gasteiger charge is 2.51. The van der Waals surface area contributed by atoms with Crippen LogP contribution >= 0.6 is 0 Å². The zero-order chi connectivity index (χ0) is 58.4. The average Bonchev–Trinajstić information content (AvgIpc) is 3.35. The van der Waals surface area contributed by atoms with Gasteiger partial charge in [-0.05, 0) is 69.2 Å². The summed E-state index contributed by atoms with van der Waals surface area (Å²) in [7, 11) is 0. The van der Waals surface area contributed by atoms with Gasteiger partial charge in [0.1, 0.15) is 23.9 Å². The number of carbonyl (C=O) groups is 4. The molecule has 3 aliphatic heterocycles. The second kappa shape index (κ2) is 33.0. The highest BCUT2D eigenvalue weighted by Crippen LogP contribution is 2.38. The van der Waals surface area contributed by atoms with Crippen LogP contribution in [-0.2, 0) is 33.3 Å². The Morgan fingerprint density at radius 2 is 1.25 bits per heavy atom. The molecule has 0 aliphatic carbocycles. The molecule has 440 valence electrons. The standard InChI is InChI=1S/C58H84N2O19/c1-34-16-14-12-10-8-6-4-5-7-9-11-13-15-17-46(77-57-54(72)52(60)53(71)36(3)76-57)31-49-51(56(73)74)48(69)33-58(75,79-49)32-45(67)28-43(65)26-41(63)24-40(62)25-42(64)27-44(66)30-50(70)78-55(34)35(2)18-23-39(61)29-47(68)37-19-21-38(59)22-20-37/h4-17,19-22,34-36,39-41,43-46,48-49,51-55,57,61-63,65-67,69,71-72,75H,18,23-33,59-60H2,1-3H3,(H,73,74)/b5-4-,8-6-,9-7+,12-10+,13-11+,16-14+,17-15+/t34-,35-,36+,39?,40+,41-,43-,44+,45-,46-,48-,49-,51+,52-,53+,54-,55-,57-,58+/m0/s1. The number of carboxylic acid groups (broad SMARTS) is 1. The van der Waals surface area contributed by atoms with E-state index < -0.39 is 172 Å². The zero-order valence-electron chi connectivity index (χ0n) is 45.1. The number of esters is 1. The van der Waals surface area contributed by atoms with Gasteiger partial charge in [0.25, 0.3) is 0 Å². The van der Waals surface area contributed by atoms with E-state index in [9.17, 15) is 75.3 Å². The Hall–Kier alpha value is -5.08. The second-order valence-electron chi connectivity index (χ2n) is 21.2. The number of aliphatic hydroxyl groups excluding tert-OH is 9. The van der Waals surface area contributed by atoms with E-state index >= 15 is 0 Å². The van der Waals surface area contributed by atoms with E-state index in [4.69, 9.17) is 30.4 Å². The van der Waals surface area contributed by atoms with Crippen LogP contribution in [0.2, 0.25) is 0 Å². The third-order valence-electron chi connectivity index (χ3n) is 14.1. The Morgan fingerprint density at radius 3 is 1.85 bits per heavy atom. The molecule has 3 aliphatic rings. The maximum Gasteiger partial charge on any atom is 0.311 e. The minimum Gasteiger partial charge on any atom is -0.481 e. The summed E-state index contributed by atoms with van der Waals surface area (Å²) >= 11 is 0. The van der Waals surface area contributed by atoms with Gasteiger partial charge in [-0.15, -0.1) is 0 Å². The predicted molar refractivity (Wildman–Crippen MR) is 290 cm³/mol. The number of cyclic esters (lactones) is 1. The lowest BCUT2D eigenvalue weighted by Gasteiger charge is -2.45. The van der Waals surface area contributed by atoms with Crippen molar-refractivity contribution in [3.05, 3.63) is 115 Å². The Morgan fingerprint density at radius 1 is 0.709 bits per heavy atom. The Bertz CT molecular complexity index is 2280. The number of benzene rings is 1. The van der Waals surface area contributed by atoms with Gasteiger partial charge in [-0.1, -0.05) is 98.9 Å². The van der Waals surface area contributed by atoms with Gasteiger partial charge in [-0.25, -0.2) is 0 Å². The van der Waals surface area contributed by atoms with Gasteiger partial charge < -0.3 is 86.6 Å². The van der Waals surface area contributed by atoms with E-state index in [2.05, 4.69) is 0 Å². The number of aliphatic hydroxyl groups is 10. The summed E-state index contributed by atoms with van der Waals surface area (Å²) in [5.74, 6) is -7.81. The number of aliphatic carboxylic acids is 1. The van der Waals surface area contributed by atoms with E-state index in [1.54, 1.807) is 97.2 Å². The smallest absolute Gasteiger partial charge is 0.311 e. The molecule has 0 spiro atoms. The summed E-state index contributed by atoms with van der Waals surface area (Å²) in [6.45, 7) is 5.20. The van der Waals surface area contributed by atoms with Crippen LogP contribution in [0.15, 0.2) is 109 Å². The number of nitrogen functional groups attached to an aromatic ring is 1. The quantitative estimate of drug-likeness (QED) is 0.0908. The number of carbonyl (C=O) groups excluding carboxylic acids is 3. The van der Waals surface area contributed by atoms with Gasteiger partial charge in [0.05, 0.1) is 79.6 Å². The summed E-state index contributed by atoms with van der Waals surface area (Å²) in [6, 6.07) is 5.21. The molecular weight excluding hydrogens is 1030 g/mol. The van der Waals surface area contributed by atoms with Crippen molar-refractivity contribution in [3.63, 3.8) is 0 Å². The van der Waals surface area contributed by atoms with Crippen molar-refractivity contribution in [3.8, 4) is 0 Å². The van der Waals surface area contributed by atoms with Crippen LogP contribution in [0.3, 0.4) is 0 Å². The van der Waals surface area contributed by atoms with Crippen molar-refractivity contribution in [2.75, 3.05) is 5.73 Å². The van der Waals surface area contributed by atoms with Gasteiger partial charge in [0.15, 0.2) is 17.9 Å². The maximum absolute atomic E-state index is 13.3. The molecular formula is C58H84N2O19. The van der Waals surface area contributed by atoms with E-state index in [0.29, 0.717) is 17.7 Å². The number of ether oxygens (including phenoxy) is 4. The van der Waals surface area contributed by atoms with Gasteiger partial charge in [0, 0.05) is 55.7 Å². The Balaban J connectivity index is 1.54. The SMILES string of the molecule is C[C@H]1/C=C/C=C/C=C\C=C/C=C/C=C/C=C/[C@H](O[C@@H]2O[C@H](C)[C@@H](O)[C@H](N)[C@@H]2O)C[C@@H]2O[C@](O)(C[C@@H](O)C[C@@H](O)C[C@@H](O)C[C@@H](O)CC(=O)C[C@@H](O)CC(=O)O[C@@H]1[C@@H](C)CCC(O)CC(=O)c1ccc(N)cc1)C[C@H](O)[C@H]2C(=O)O. The first-order valence-corrected chi connectivity index (χ1v) is 26.9. The monoisotopic (exact) mass is 1110 g/mol. The summed E-state index contributed by atoms with van der Waals surface area (Å²) in [4.78, 5) is 51.6. The number of anilines is 1. The molecule has 21 heteroatoms. The Kier molecular flexibility index (Phi) is 27.7. The molecule has 1 aromatic carbocycles. The molecule has 0 aromatic heterocycles. The van der Waals surface area contributed by atoms with Crippen molar-refractivity contribution in [1.82, 2.24) is 0 Å². The van der Waals surface area contributed by atoms with Crippen molar-refractivity contribution in [1.29, 1.82) is 0 Å². The molecule has 4 rings (SSSR count). The first-order valence-electron chi connectivity index (χ1n) is 26.9. The van der Waals surface area contributed by atoms with Crippen LogP contribution in [0.25, 0.3) is 0 Å². The largest absolute Gasteiger partial charge is 0.481 e. The number of hydrogen-bond donors (Lipinski definition) is 13. The van der Waals surface area contributed by atoms with Crippen molar-refractivity contribution < 1.29 is 94.3 Å². The van der Waals surface area contributed by atoms with E-state index in [0.717, 1.165) is 0 Å². The number of fused-ring (bicyclic) bond motifs is 2. The third kappa shape index (κ3) is 23.1. The molecule has 0 amide bonds. The van der Waals surface area contributed by atoms with Gasteiger partial charge in [-0.3, -0.25) is 19.2 Å². The van der Waals surface area contributed by atoms with Crippen LogP contribution in [0.4, 0.5) is 5.69 Å². The molecule has 3 heterocycles. The number of rotatable bonds is 10. The van der Waals surface area contributed by atoms with Crippen LogP contribution in [0, 0.1) is 17.8 Å². The molecule has 0 radical (unpaired) electrons. The predicted octanol–water partition coefficient (Wildman–Crippen LogP) is 2.29. The topological polar surface area (TPSA) is 380 Å². The van der Waals surface area contributed by atoms with Crippen LogP contribution in [-0.4, -0.2) is 177 Å². The lowest BCUT2D eigenvalue weighted by Crippen LogP contribution is -2.61. The first kappa shape index (κ1) is 66.4. The normalized spacial score (nSPS) is 38.4. The summed E-state index contributed by atoms with van der Waals surface area (Å²) < 4.78 is 23.7. The third-order valence-corrected chi connectivity index (χ3v) is 14.1. The van der Waals surface area contributed by atoms with E-state index in [1.165, 1.54) is 13.0 Å². The number of Topliss-reactive ketones (excluding diaryl/α,β-unsaturated/α-hetero) is 2. The number of ketones is 2. The molecule has 1 unspecified atom stereocenters. The lowest BCUT2D eigenvalue weighted by molar-refractivity contribution is -0.308. The molecule has 0 saturated carbocycles. The van der Waals surface area contributed by atoms with Crippen LogP contribution in [0.1, 0.15) is 108 Å². The average molecular weight is 1110 g/mol. The number of allylic oxidation sites excluding steroid dienone is 12. The molecule has 15 N–H and O–H groups in total. The fourth-order valence-corrected chi connectivity index (χ4v) is 9.90. The fraction of sp³-hybridized carbons (Fsp3) is 0.586. The van der Waals surface area contributed by atoms with Gasteiger partial charge in [0.2, 0.25) is 0 Å². The minimum absolute atomic E-state index is 0.128. The van der Waals surface area contributed by atoms with E-state index in [1.807, 2.05) is 19.9 Å². The Labute approximate surface area is 461 Å². The first-order chi connectivity index (χ1) is 37.3. The molecule has 79 heavy (non-hydrogen) atoms. The fourth-order valence-electron chi connectivity index (χ4n) is 9.90. The lowest BCUT2D eigenvalue weighted by atomic mass is 9.82. The number of carboxylic acids is 1. The number of nitrogens with two attached hydrogens (primary N) is 2. The zero-order valence-corrected chi connectivity index (χ0v) is 45.1. The van der Waals surface area contributed by atoms with Gasteiger partial charge >= 0.3 is 11.9 Å². The maximum atomic E-state index is 13.3. The molecule has 2 saturated heterocycles. The van der Waals surface area contributed by atoms with Crippen molar-refractivity contribution in [2.45, 2.75) is 195 Å². The highest BCUT2D eigenvalue weighted by molar-refractivity contribution is 5.96. The van der Waals surface area contributed by atoms with E-state index in [-0.39, 0.29) is 36.9 Å². The van der Waals surface area contributed by atoms with Crippen molar-refractivity contribution in [2.24, 2.45) is 23.5 Å². The summed E-state index contributed by atoms with van der Waals surface area (Å²) in [6.07, 6.45) is 1.70. The number of hydrogen-bond acceptors (Lipinski definition) is 20. The van der Waals surface area contributed by atoms with Gasteiger partial charge in [-0.2, -0.15) is 0 Å². The van der Waals surface area contributed by atoms with Crippen molar-refractivity contribution >= 4 is 29.2 Å². The molecule has 19 atom stereocenters. The van der Waals surface area contributed by atoms with Crippen LogP contribution < -0.4 is 11.5 Å². The minimum atomic E-state index is -2.34. The van der Waals surface area contributed by atoms with Crippen LogP contribution in [0.5, 0.6) is 0 Å². The summed E-state index contributed by atoms with van der Waals surface area (Å²) in [5, 5.41) is 119.